The molecule has 0 heterocycles. The van der Waals surface area contributed by atoms with Crippen molar-refractivity contribution in [1.82, 2.24) is 5.32 Å². The first-order chi connectivity index (χ1) is 3.27. The van der Waals surface area contributed by atoms with Gasteiger partial charge in [-0.25, -0.2) is 0 Å². The van der Waals surface area contributed by atoms with E-state index in [0.29, 0.717) is 0 Å². The summed E-state index contributed by atoms with van der Waals surface area (Å²) < 4.78 is 0. The molecule has 0 aliphatic rings. The van der Waals surface area contributed by atoms with Crippen molar-refractivity contribution >= 4 is 5.91 Å². The molecule has 0 aromatic heterocycles. The molecule has 52 valence electrons. The Labute approximate surface area is 52.3 Å². The molecule has 1 amide bonds. The summed E-state index contributed by atoms with van der Waals surface area (Å²) in [5.41, 5.74) is 0. The zero-order chi connectivity index (χ0) is 6.28. The summed E-state index contributed by atoms with van der Waals surface area (Å²) in [5.74, 6) is 0.00463. The Morgan fingerprint density at radius 3 is 1.50 bits per heavy atom. The van der Waals surface area contributed by atoms with Gasteiger partial charge in [-0.2, -0.15) is 0 Å². The lowest BCUT2D eigenvalue weighted by atomic mass is 10.7. The van der Waals surface area contributed by atoms with Crippen molar-refractivity contribution in [2.75, 3.05) is 7.05 Å². The molecule has 0 aromatic carbocycles. The van der Waals surface area contributed by atoms with Gasteiger partial charge in [-0.3, -0.25) is 4.79 Å². The molecule has 2 heteroatoms. The Hall–Kier alpha value is -0.530. The second-order valence-corrected chi connectivity index (χ2v) is 0.806. The number of amides is 1. The van der Waals surface area contributed by atoms with Gasteiger partial charge >= 0.3 is 0 Å². The first kappa shape index (κ1) is 15.6. The molecule has 0 saturated heterocycles. The summed E-state index contributed by atoms with van der Waals surface area (Å²) in [5, 5.41) is 2.39. The fourth-order valence-electron chi connectivity index (χ4n) is 0. The van der Waals surface area contributed by atoms with Crippen LogP contribution in [0.1, 0.15) is 28.2 Å². The van der Waals surface area contributed by atoms with E-state index in [-0.39, 0.29) is 13.3 Å². The molecule has 0 unspecified atom stereocenters. The minimum absolute atomic E-state index is 0. The Morgan fingerprint density at radius 2 is 1.50 bits per heavy atom. The number of carbonyl (C=O) groups excluding carboxylic acids is 1. The molecule has 0 radical (unpaired) electrons. The van der Waals surface area contributed by atoms with Gasteiger partial charge in [0.25, 0.3) is 0 Å². The molecule has 8 heavy (non-hydrogen) atoms. The van der Waals surface area contributed by atoms with Crippen LogP contribution in [0.25, 0.3) is 0 Å². The molecule has 0 saturated carbocycles. The van der Waals surface area contributed by atoms with Crippen molar-refractivity contribution in [3.05, 3.63) is 0 Å². The van der Waals surface area contributed by atoms with E-state index < -0.39 is 0 Å². The zero-order valence-electron chi connectivity index (χ0n) is 5.41. The molecule has 0 aromatic rings. The molecule has 0 aliphatic heterocycles. The fourth-order valence-corrected chi connectivity index (χ4v) is 0. The topological polar surface area (TPSA) is 29.1 Å². The molecule has 0 rings (SSSR count). The van der Waals surface area contributed by atoms with Crippen molar-refractivity contribution in [3.8, 4) is 0 Å². The van der Waals surface area contributed by atoms with E-state index in [9.17, 15) is 4.79 Å². The number of rotatable bonds is 0. The summed E-state index contributed by atoms with van der Waals surface area (Å²) in [6.45, 7) is 5.47. The van der Waals surface area contributed by atoms with Crippen molar-refractivity contribution in [3.63, 3.8) is 0 Å². The molecule has 0 fully saturated rings. The van der Waals surface area contributed by atoms with Crippen molar-refractivity contribution in [1.29, 1.82) is 0 Å². The first-order valence-electron chi connectivity index (χ1n) is 2.45. The quantitative estimate of drug-likeness (QED) is 0.513. The highest BCUT2D eigenvalue weighted by molar-refractivity contribution is 5.72. The van der Waals surface area contributed by atoms with E-state index >= 15 is 0 Å². The standard InChI is InChI=1S/C3H7NO.C2H6.CH4/c1-3(5)4-2;1-2;/h1-2H3,(H,4,5);1-2H3;1H4. The molecule has 2 nitrogen and oxygen atoms in total. The molecule has 0 atom stereocenters. The number of hydrogen-bond acceptors (Lipinski definition) is 1. The van der Waals surface area contributed by atoms with Gasteiger partial charge in [0.15, 0.2) is 0 Å². The lowest BCUT2D eigenvalue weighted by Crippen LogP contribution is -2.11. The smallest absolute Gasteiger partial charge is 0.216 e. The Kier molecular flexibility index (Phi) is 31.5. The third-order valence-corrected chi connectivity index (χ3v) is 0.352. The minimum Gasteiger partial charge on any atom is -0.359 e. The molecular weight excluding hydrogens is 102 g/mol. The monoisotopic (exact) mass is 119 g/mol. The van der Waals surface area contributed by atoms with Crippen LogP contribution < -0.4 is 5.32 Å². The van der Waals surface area contributed by atoms with Crippen molar-refractivity contribution < 1.29 is 4.79 Å². The lowest BCUT2D eigenvalue weighted by molar-refractivity contribution is -0.118. The third kappa shape index (κ3) is 50.6. The van der Waals surface area contributed by atoms with Crippen molar-refractivity contribution in [2.24, 2.45) is 0 Å². The van der Waals surface area contributed by atoms with E-state index in [4.69, 9.17) is 0 Å². The SMILES string of the molecule is C.CC.CNC(C)=O. The Balaban J connectivity index is -0.0000000750. The van der Waals surface area contributed by atoms with Gasteiger partial charge in [0.2, 0.25) is 5.91 Å². The van der Waals surface area contributed by atoms with E-state index in [1.165, 1.54) is 6.92 Å². The molecule has 0 aliphatic carbocycles. The third-order valence-electron chi connectivity index (χ3n) is 0.352. The van der Waals surface area contributed by atoms with Gasteiger partial charge in [0.1, 0.15) is 0 Å². The summed E-state index contributed by atoms with van der Waals surface area (Å²) >= 11 is 0. The van der Waals surface area contributed by atoms with Gasteiger partial charge in [0.05, 0.1) is 0 Å². The Morgan fingerprint density at radius 1 is 1.38 bits per heavy atom. The summed E-state index contributed by atoms with van der Waals surface area (Å²) in [7, 11) is 1.60. The van der Waals surface area contributed by atoms with Crippen LogP contribution in [0.15, 0.2) is 0 Å². The number of nitrogens with one attached hydrogen (secondary N) is 1. The summed E-state index contributed by atoms with van der Waals surface area (Å²) in [4.78, 5) is 9.70. The number of hydrogen-bond donors (Lipinski definition) is 1. The summed E-state index contributed by atoms with van der Waals surface area (Å²) in [6.07, 6.45) is 0. The minimum atomic E-state index is 0. The number of carbonyl (C=O) groups is 1. The molecule has 1 N–H and O–H groups in total. The molecular formula is C6H17NO. The van der Waals surface area contributed by atoms with E-state index in [1.807, 2.05) is 13.8 Å². The second-order valence-electron chi connectivity index (χ2n) is 0.806. The average Bonchev–Trinajstić information content (AvgIpc) is 1.73. The van der Waals surface area contributed by atoms with Gasteiger partial charge < -0.3 is 5.32 Å². The predicted molar refractivity (Wildman–Crippen MR) is 37.8 cm³/mol. The van der Waals surface area contributed by atoms with Gasteiger partial charge in [0, 0.05) is 14.0 Å². The maximum atomic E-state index is 9.70. The Bertz CT molecular complexity index is 43.8. The zero-order valence-corrected chi connectivity index (χ0v) is 5.41. The van der Waals surface area contributed by atoms with Crippen LogP contribution in [0.2, 0.25) is 0 Å². The predicted octanol–water partition coefficient (Wildman–Crippen LogP) is 1.41. The van der Waals surface area contributed by atoms with Gasteiger partial charge in [-0.15, -0.1) is 0 Å². The highest BCUT2D eigenvalue weighted by atomic mass is 16.1. The van der Waals surface area contributed by atoms with Gasteiger partial charge in [-0.05, 0) is 0 Å². The highest BCUT2D eigenvalue weighted by Gasteiger charge is 1.72. The van der Waals surface area contributed by atoms with Crippen molar-refractivity contribution in [2.45, 2.75) is 28.2 Å². The maximum absolute atomic E-state index is 9.70. The summed E-state index contributed by atoms with van der Waals surface area (Å²) in [6, 6.07) is 0. The van der Waals surface area contributed by atoms with Crippen LogP contribution >= 0.6 is 0 Å². The van der Waals surface area contributed by atoms with Crippen LogP contribution in [0.5, 0.6) is 0 Å². The van der Waals surface area contributed by atoms with E-state index in [2.05, 4.69) is 5.32 Å². The fraction of sp³-hybridized carbons (Fsp3) is 0.833. The molecule has 0 spiro atoms. The van der Waals surface area contributed by atoms with E-state index in [1.54, 1.807) is 7.05 Å². The van der Waals surface area contributed by atoms with Crippen LogP contribution in [0.3, 0.4) is 0 Å². The van der Waals surface area contributed by atoms with Gasteiger partial charge in [-0.1, -0.05) is 21.3 Å². The van der Waals surface area contributed by atoms with Crippen LogP contribution in [0.4, 0.5) is 0 Å². The highest BCUT2D eigenvalue weighted by Crippen LogP contribution is 1.45. The largest absolute Gasteiger partial charge is 0.359 e. The lowest BCUT2D eigenvalue weighted by Gasteiger charge is -1.80. The molecule has 0 bridgehead atoms. The first-order valence-corrected chi connectivity index (χ1v) is 2.45. The average molecular weight is 119 g/mol. The van der Waals surface area contributed by atoms with Crippen LogP contribution in [-0.2, 0) is 4.79 Å². The van der Waals surface area contributed by atoms with Crippen LogP contribution in [-0.4, -0.2) is 13.0 Å². The maximum Gasteiger partial charge on any atom is 0.216 e. The normalized spacial score (nSPS) is 5.00. The van der Waals surface area contributed by atoms with Crippen LogP contribution in [0, 0.1) is 0 Å². The second kappa shape index (κ2) is 16.1. The van der Waals surface area contributed by atoms with E-state index in [0.717, 1.165) is 0 Å².